The van der Waals surface area contributed by atoms with Gasteiger partial charge in [0.1, 0.15) is 0 Å². The summed E-state index contributed by atoms with van der Waals surface area (Å²) in [4.78, 5) is 17.2. The second kappa shape index (κ2) is 7.12. The normalized spacial score (nSPS) is 11.7. The van der Waals surface area contributed by atoms with Crippen molar-refractivity contribution in [2.75, 3.05) is 0 Å². The van der Waals surface area contributed by atoms with E-state index < -0.39 is 0 Å². The maximum Gasteiger partial charge on any atom is 0.280 e. The van der Waals surface area contributed by atoms with Crippen LogP contribution in [0.4, 0.5) is 0 Å². The third kappa shape index (κ3) is 3.28. The van der Waals surface area contributed by atoms with Gasteiger partial charge in [-0.1, -0.05) is 52.6 Å². The predicted octanol–water partition coefficient (Wildman–Crippen LogP) is 5.15. The molecule has 0 fully saturated rings. The number of carbonyl (C=O) groups excluding carboxylic acids is 1. The van der Waals surface area contributed by atoms with Gasteiger partial charge in [0.15, 0.2) is 4.80 Å². The lowest BCUT2D eigenvalue weighted by Crippen LogP contribution is -2.16. The minimum atomic E-state index is -0.359. The van der Waals surface area contributed by atoms with Crippen LogP contribution in [0.25, 0.3) is 10.2 Å². The number of aromatic nitrogens is 1. The van der Waals surface area contributed by atoms with E-state index in [1.807, 2.05) is 6.07 Å². The third-order valence-corrected chi connectivity index (χ3v) is 5.47. The van der Waals surface area contributed by atoms with E-state index in [2.05, 4.69) is 26.8 Å². The summed E-state index contributed by atoms with van der Waals surface area (Å²) in [6, 6.07) is 10.5. The Kier molecular flexibility index (Phi) is 5.12. The average molecular weight is 440 g/mol. The van der Waals surface area contributed by atoms with Crippen LogP contribution in [0.3, 0.4) is 0 Å². The van der Waals surface area contributed by atoms with Gasteiger partial charge < -0.3 is 4.57 Å². The van der Waals surface area contributed by atoms with E-state index in [1.165, 1.54) is 11.3 Å². The van der Waals surface area contributed by atoms with Gasteiger partial charge in [0.2, 0.25) is 0 Å². The van der Waals surface area contributed by atoms with Gasteiger partial charge in [-0.2, -0.15) is 4.99 Å². The maximum atomic E-state index is 12.5. The smallest absolute Gasteiger partial charge is 0.280 e. The molecule has 0 bridgehead atoms. The molecule has 1 amide bonds. The van der Waals surface area contributed by atoms with Crippen LogP contribution in [0.15, 0.2) is 45.9 Å². The largest absolute Gasteiger partial charge is 0.303 e. The molecule has 24 heavy (non-hydrogen) atoms. The van der Waals surface area contributed by atoms with Crippen molar-refractivity contribution in [3.63, 3.8) is 0 Å². The zero-order chi connectivity index (χ0) is 17.3. The summed E-state index contributed by atoms with van der Waals surface area (Å²) in [6.07, 6.45) is 5.46. The second-order valence-corrected chi connectivity index (χ2v) is 7.51. The molecule has 3 aromatic rings. The fourth-order valence-electron chi connectivity index (χ4n) is 2.23. The van der Waals surface area contributed by atoms with E-state index in [-0.39, 0.29) is 12.5 Å². The van der Waals surface area contributed by atoms with Crippen LogP contribution in [0.1, 0.15) is 10.4 Å². The van der Waals surface area contributed by atoms with Crippen molar-refractivity contribution < 1.29 is 4.79 Å². The number of fused-ring (bicyclic) bond motifs is 1. The molecule has 0 aliphatic carbocycles. The molecule has 0 aliphatic heterocycles. The lowest BCUT2D eigenvalue weighted by atomic mass is 10.2. The fraction of sp³-hybridized carbons (Fsp3) is 0.0588. The molecule has 0 atom stereocenters. The summed E-state index contributed by atoms with van der Waals surface area (Å²) in [6.45, 7) is 0.253. The Labute approximate surface area is 160 Å². The van der Waals surface area contributed by atoms with Gasteiger partial charge in [-0.15, -0.1) is 6.42 Å². The molecule has 0 spiro atoms. The van der Waals surface area contributed by atoms with Crippen molar-refractivity contribution >= 4 is 66.6 Å². The van der Waals surface area contributed by atoms with Crippen molar-refractivity contribution in [2.24, 2.45) is 4.99 Å². The first kappa shape index (κ1) is 17.2. The van der Waals surface area contributed by atoms with Gasteiger partial charge in [-0.05, 0) is 40.2 Å². The zero-order valence-electron chi connectivity index (χ0n) is 12.1. The Hall–Kier alpha value is -1.58. The summed E-state index contributed by atoms with van der Waals surface area (Å²) >= 11 is 17.0. The lowest BCUT2D eigenvalue weighted by Gasteiger charge is -2.02. The number of hydrogen-bond donors (Lipinski definition) is 0. The highest BCUT2D eigenvalue weighted by atomic mass is 79.9. The van der Waals surface area contributed by atoms with Crippen molar-refractivity contribution in [2.45, 2.75) is 6.54 Å². The Balaban J connectivity index is 2.24. The molecule has 7 heteroatoms. The van der Waals surface area contributed by atoms with E-state index in [0.717, 1.165) is 10.2 Å². The number of rotatable bonds is 2. The summed E-state index contributed by atoms with van der Waals surface area (Å²) in [5.41, 5.74) is 1.20. The molecule has 1 heterocycles. The highest BCUT2D eigenvalue weighted by molar-refractivity contribution is 9.10. The molecule has 0 aliphatic rings. The van der Waals surface area contributed by atoms with Crippen LogP contribution in [0, 0.1) is 12.3 Å². The Bertz CT molecular complexity index is 1060. The lowest BCUT2D eigenvalue weighted by molar-refractivity contribution is 0.0997. The minimum Gasteiger partial charge on any atom is -0.303 e. The van der Waals surface area contributed by atoms with Gasteiger partial charge in [0.05, 0.1) is 27.3 Å². The van der Waals surface area contributed by atoms with E-state index >= 15 is 0 Å². The van der Waals surface area contributed by atoms with Crippen molar-refractivity contribution in [1.29, 1.82) is 0 Å². The van der Waals surface area contributed by atoms with E-state index in [0.29, 0.717) is 24.9 Å². The molecule has 2 aromatic carbocycles. The SMILES string of the molecule is C#CCn1c(=NC(=O)c2ccccc2Br)sc2cc(Cl)cc(Cl)c21. The van der Waals surface area contributed by atoms with Crippen molar-refractivity contribution in [1.82, 2.24) is 4.57 Å². The number of thiazole rings is 1. The minimum absolute atomic E-state index is 0.253. The van der Waals surface area contributed by atoms with Crippen molar-refractivity contribution in [3.05, 3.63) is 61.3 Å². The molecule has 3 rings (SSSR count). The number of nitrogens with zero attached hydrogens (tertiary/aromatic N) is 2. The number of terminal acetylenes is 1. The van der Waals surface area contributed by atoms with Gasteiger partial charge in [0, 0.05) is 9.50 Å². The molecule has 1 aromatic heterocycles. The Morgan fingerprint density at radius 2 is 2.08 bits per heavy atom. The predicted molar refractivity (Wildman–Crippen MR) is 103 cm³/mol. The first-order valence-corrected chi connectivity index (χ1v) is 9.13. The van der Waals surface area contributed by atoms with Crippen molar-refractivity contribution in [3.8, 4) is 12.3 Å². The summed E-state index contributed by atoms with van der Waals surface area (Å²) in [5, 5.41) is 0.990. The van der Waals surface area contributed by atoms with Crippen LogP contribution in [0.2, 0.25) is 10.0 Å². The fourth-order valence-corrected chi connectivity index (χ4v) is 4.50. The maximum absolute atomic E-state index is 12.5. The Morgan fingerprint density at radius 1 is 1.33 bits per heavy atom. The van der Waals surface area contributed by atoms with E-state index in [4.69, 9.17) is 29.6 Å². The Morgan fingerprint density at radius 3 is 2.79 bits per heavy atom. The van der Waals surface area contributed by atoms with Crippen LogP contribution >= 0.6 is 50.5 Å². The standard InChI is InChI=1S/C17H9BrCl2N2OS/c1-2-7-22-15-13(20)8-10(19)9-14(15)24-17(22)21-16(23)11-5-3-4-6-12(11)18/h1,3-6,8-9H,7H2. The molecular formula is C17H9BrCl2N2OS. The number of carbonyl (C=O) groups is 1. The third-order valence-electron chi connectivity index (χ3n) is 3.25. The topological polar surface area (TPSA) is 34.4 Å². The number of amides is 1. The van der Waals surface area contributed by atoms with Crippen LogP contribution in [-0.4, -0.2) is 10.5 Å². The van der Waals surface area contributed by atoms with Crippen LogP contribution < -0.4 is 4.80 Å². The molecule has 0 radical (unpaired) electrons. The van der Waals surface area contributed by atoms with E-state index in [9.17, 15) is 4.79 Å². The average Bonchev–Trinajstić information content (AvgIpc) is 2.85. The number of halogens is 3. The van der Waals surface area contributed by atoms with Gasteiger partial charge in [-0.3, -0.25) is 4.79 Å². The molecular weight excluding hydrogens is 431 g/mol. The van der Waals surface area contributed by atoms with E-state index in [1.54, 1.807) is 34.9 Å². The summed E-state index contributed by atoms with van der Waals surface area (Å²) < 4.78 is 3.25. The summed E-state index contributed by atoms with van der Waals surface area (Å²) in [5.74, 6) is 2.21. The monoisotopic (exact) mass is 438 g/mol. The highest BCUT2D eigenvalue weighted by Gasteiger charge is 2.13. The summed E-state index contributed by atoms with van der Waals surface area (Å²) in [7, 11) is 0. The molecule has 0 unspecified atom stereocenters. The van der Waals surface area contributed by atoms with Crippen LogP contribution in [0.5, 0.6) is 0 Å². The highest BCUT2D eigenvalue weighted by Crippen LogP contribution is 2.29. The molecule has 3 nitrogen and oxygen atoms in total. The van der Waals surface area contributed by atoms with Gasteiger partial charge >= 0.3 is 0 Å². The molecule has 0 saturated carbocycles. The van der Waals surface area contributed by atoms with Gasteiger partial charge in [0.25, 0.3) is 5.91 Å². The zero-order valence-corrected chi connectivity index (χ0v) is 16.0. The quantitative estimate of drug-likeness (QED) is 0.508. The molecule has 120 valence electrons. The second-order valence-electron chi connectivity index (χ2n) is 4.81. The van der Waals surface area contributed by atoms with Crippen LogP contribution in [-0.2, 0) is 6.54 Å². The van der Waals surface area contributed by atoms with Gasteiger partial charge in [-0.25, -0.2) is 0 Å². The first-order chi connectivity index (χ1) is 11.5. The molecule has 0 N–H and O–H groups in total. The number of benzene rings is 2. The molecule has 0 saturated heterocycles. The number of hydrogen-bond acceptors (Lipinski definition) is 2. The first-order valence-electron chi connectivity index (χ1n) is 6.76.